The zero-order valence-electron chi connectivity index (χ0n) is 23.8. The van der Waals surface area contributed by atoms with Crippen LogP contribution in [-0.2, 0) is 28.5 Å². The fraction of sp³-hybridized carbons (Fsp3) is 0.562. The average Bonchev–Trinajstić information content (AvgIpc) is 3.87. The number of fused-ring (bicyclic) bond motifs is 1. The van der Waals surface area contributed by atoms with E-state index in [2.05, 4.69) is 5.32 Å². The van der Waals surface area contributed by atoms with Crippen LogP contribution in [0.25, 0.3) is 0 Å². The minimum absolute atomic E-state index is 0.0226. The molecule has 0 unspecified atom stereocenters. The van der Waals surface area contributed by atoms with Crippen molar-refractivity contribution in [2.24, 2.45) is 11.3 Å². The summed E-state index contributed by atoms with van der Waals surface area (Å²) in [5.74, 6) is 0.200. The van der Waals surface area contributed by atoms with E-state index in [0.29, 0.717) is 75.0 Å². The van der Waals surface area contributed by atoms with Gasteiger partial charge in [-0.1, -0.05) is 25.0 Å². The van der Waals surface area contributed by atoms with Crippen LogP contribution in [-0.4, -0.2) is 53.7 Å². The number of hydrogen-bond donors (Lipinski definition) is 1. The smallest absolute Gasteiger partial charge is 0.366 e. The number of hydrogen-bond acceptors (Lipinski definition) is 4. The Labute approximate surface area is 246 Å². The van der Waals surface area contributed by atoms with Gasteiger partial charge in [-0.15, -0.1) is 0 Å². The molecule has 1 N–H and O–H groups in total. The van der Waals surface area contributed by atoms with E-state index in [1.54, 1.807) is 12.2 Å². The molecule has 1 aromatic carbocycles. The normalized spacial score (nSPS) is 22.4. The molecule has 43 heavy (non-hydrogen) atoms. The molecule has 6 rings (SSSR count). The molecule has 232 valence electrons. The van der Waals surface area contributed by atoms with Crippen LogP contribution in [0.4, 0.5) is 26.3 Å². The van der Waals surface area contributed by atoms with Crippen LogP contribution in [0.15, 0.2) is 53.3 Å². The van der Waals surface area contributed by atoms with E-state index in [1.165, 1.54) is 4.90 Å². The minimum atomic E-state index is -4.98. The van der Waals surface area contributed by atoms with Crippen molar-refractivity contribution in [3.63, 3.8) is 0 Å². The molecule has 2 aliphatic heterocycles. The van der Waals surface area contributed by atoms with E-state index in [1.807, 2.05) is 11.1 Å². The number of Topliss-reactive ketones (excluding diaryl/α,β-unsaturated/α-hetero) is 1. The van der Waals surface area contributed by atoms with Crippen molar-refractivity contribution >= 4 is 11.7 Å². The van der Waals surface area contributed by atoms with Gasteiger partial charge in [0.15, 0.2) is 5.78 Å². The second-order valence-corrected chi connectivity index (χ2v) is 12.8. The molecule has 1 saturated heterocycles. The van der Waals surface area contributed by atoms with Gasteiger partial charge in [-0.3, -0.25) is 9.59 Å². The first-order chi connectivity index (χ1) is 20.3. The summed E-state index contributed by atoms with van der Waals surface area (Å²) in [5.41, 5.74) is -1.49. The van der Waals surface area contributed by atoms with Crippen LogP contribution in [0.5, 0.6) is 0 Å². The third kappa shape index (κ3) is 6.71. The maximum Gasteiger partial charge on any atom is 0.416 e. The lowest BCUT2D eigenvalue weighted by Crippen LogP contribution is -2.50. The number of nitrogens with one attached hydrogen (secondary N) is 1. The summed E-state index contributed by atoms with van der Waals surface area (Å²) in [6.45, 7) is 1.23. The molecule has 0 bridgehead atoms. The van der Waals surface area contributed by atoms with Gasteiger partial charge in [-0.25, -0.2) is 0 Å². The monoisotopic (exact) mass is 607 g/mol. The molecule has 1 aromatic rings. The first-order valence-corrected chi connectivity index (χ1v) is 15.0. The largest absolute Gasteiger partial charge is 0.416 e. The van der Waals surface area contributed by atoms with Gasteiger partial charge in [-0.05, 0) is 92.4 Å². The van der Waals surface area contributed by atoms with Gasteiger partial charge in [0.2, 0.25) is 5.91 Å². The minimum Gasteiger partial charge on any atom is -0.366 e. The zero-order chi connectivity index (χ0) is 30.6. The Morgan fingerprint density at radius 1 is 0.930 bits per heavy atom. The van der Waals surface area contributed by atoms with E-state index < -0.39 is 28.9 Å². The fourth-order valence-electron chi connectivity index (χ4n) is 6.74. The number of amides is 1. The zero-order valence-corrected chi connectivity index (χ0v) is 23.8. The third-order valence-corrected chi connectivity index (χ3v) is 9.31. The van der Waals surface area contributed by atoms with E-state index in [0.717, 1.165) is 36.8 Å². The fourth-order valence-corrected chi connectivity index (χ4v) is 6.74. The molecule has 0 radical (unpaired) electrons. The number of halogens is 6. The van der Waals surface area contributed by atoms with Crippen molar-refractivity contribution in [2.75, 3.05) is 26.2 Å². The van der Waals surface area contributed by atoms with Crippen molar-refractivity contribution in [1.82, 2.24) is 15.1 Å². The SMILES string of the molecule is O=C1CN(C2CC2)C=C2CC(CN(Cc3cc(C(F)(F)F)cc(C(F)(F)F)c3)C(=O)C3(CC4CC4)CCNCC3)=CC=C12. The molecule has 3 fully saturated rings. The van der Waals surface area contributed by atoms with Crippen molar-refractivity contribution in [1.29, 1.82) is 0 Å². The molecule has 0 atom stereocenters. The van der Waals surface area contributed by atoms with Crippen LogP contribution in [0.2, 0.25) is 0 Å². The van der Waals surface area contributed by atoms with Crippen LogP contribution < -0.4 is 5.32 Å². The summed E-state index contributed by atoms with van der Waals surface area (Å²) in [7, 11) is 0. The van der Waals surface area contributed by atoms with Crippen molar-refractivity contribution < 1.29 is 35.9 Å². The van der Waals surface area contributed by atoms with Crippen LogP contribution in [0, 0.1) is 11.3 Å². The first kappa shape index (κ1) is 30.0. The van der Waals surface area contributed by atoms with Crippen LogP contribution in [0.3, 0.4) is 0 Å². The summed E-state index contributed by atoms with van der Waals surface area (Å²) in [4.78, 5) is 30.7. The molecule has 0 spiro atoms. The number of carbonyl (C=O) groups is 2. The Kier molecular flexibility index (Phi) is 7.75. The average molecular weight is 608 g/mol. The molecule has 2 heterocycles. The number of piperidine rings is 1. The predicted octanol–water partition coefficient (Wildman–Crippen LogP) is 6.41. The summed E-state index contributed by atoms with van der Waals surface area (Å²) < 4.78 is 82.1. The van der Waals surface area contributed by atoms with Gasteiger partial charge < -0.3 is 15.1 Å². The van der Waals surface area contributed by atoms with Crippen LogP contribution in [0.1, 0.15) is 68.1 Å². The van der Waals surface area contributed by atoms with Crippen LogP contribution >= 0.6 is 0 Å². The third-order valence-electron chi connectivity index (χ3n) is 9.31. The molecule has 0 aromatic heterocycles. The summed E-state index contributed by atoms with van der Waals surface area (Å²) in [6.07, 6.45) is 1.81. The topological polar surface area (TPSA) is 52.7 Å². The van der Waals surface area contributed by atoms with E-state index in [4.69, 9.17) is 0 Å². The Hall–Kier alpha value is -3.08. The molecule has 2 saturated carbocycles. The van der Waals surface area contributed by atoms with Crippen molar-refractivity contribution in [3.05, 3.63) is 70.0 Å². The standard InChI is InChI=1S/C32H35F6N3O2/c33-31(34,35)24-12-22(13-25(14-24)32(36,37)38)17-41(29(43)30(15-20-1-2-20)7-9-39-10-8-30)16-21-3-6-27-23(11-21)18-40(19-28(27)42)26-4-5-26/h3,6,12-14,18,20,26,39H,1-2,4-5,7-11,15-17,19H2. The lowest BCUT2D eigenvalue weighted by atomic mass is 9.73. The Morgan fingerprint density at radius 3 is 2.16 bits per heavy atom. The number of rotatable bonds is 8. The molecule has 11 heteroatoms. The Balaban J connectivity index is 1.34. The summed E-state index contributed by atoms with van der Waals surface area (Å²) in [6, 6.07) is 1.89. The van der Waals surface area contributed by atoms with Gasteiger partial charge in [0.25, 0.3) is 0 Å². The van der Waals surface area contributed by atoms with Gasteiger partial charge in [-0.2, -0.15) is 26.3 Å². The molecular formula is C32H35F6N3O2. The predicted molar refractivity (Wildman–Crippen MR) is 147 cm³/mol. The van der Waals surface area contributed by atoms with E-state index in [-0.39, 0.29) is 36.4 Å². The highest BCUT2D eigenvalue weighted by Gasteiger charge is 2.46. The van der Waals surface area contributed by atoms with Crippen molar-refractivity contribution in [3.8, 4) is 0 Å². The lowest BCUT2D eigenvalue weighted by molar-refractivity contribution is -0.145. The van der Waals surface area contributed by atoms with Gasteiger partial charge in [0.05, 0.1) is 23.1 Å². The maximum atomic E-state index is 14.4. The Morgan fingerprint density at radius 2 is 1.58 bits per heavy atom. The molecule has 5 nitrogen and oxygen atoms in total. The summed E-state index contributed by atoms with van der Waals surface area (Å²) in [5, 5.41) is 3.28. The van der Waals surface area contributed by atoms with Gasteiger partial charge >= 0.3 is 12.4 Å². The quantitative estimate of drug-likeness (QED) is 0.347. The second kappa shape index (κ2) is 11.1. The van der Waals surface area contributed by atoms with E-state index >= 15 is 0 Å². The number of carbonyl (C=O) groups excluding carboxylic acids is 2. The number of allylic oxidation sites excluding steroid dienone is 3. The first-order valence-electron chi connectivity index (χ1n) is 15.0. The molecule has 1 amide bonds. The highest BCUT2D eigenvalue weighted by molar-refractivity contribution is 6.02. The number of benzene rings is 1. The Bertz CT molecular complexity index is 1350. The van der Waals surface area contributed by atoms with Gasteiger partial charge in [0.1, 0.15) is 0 Å². The lowest BCUT2D eigenvalue weighted by Gasteiger charge is -2.41. The number of alkyl halides is 6. The second-order valence-electron chi connectivity index (χ2n) is 12.8. The number of ketones is 1. The molecular weight excluding hydrogens is 572 g/mol. The number of nitrogens with zero attached hydrogens (tertiary/aromatic N) is 2. The highest BCUT2D eigenvalue weighted by Crippen LogP contribution is 2.46. The molecule has 5 aliphatic rings. The highest BCUT2D eigenvalue weighted by atomic mass is 19.4. The van der Waals surface area contributed by atoms with E-state index in [9.17, 15) is 35.9 Å². The maximum absolute atomic E-state index is 14.4. The van der Waals surface area contributed by atoms with Crippen molar-refractivity contribution in [2.45, 2.75) is 76.3 Å². The molecule has 3 aliphatic carbocycles. The van der Waals surface area contributed by atoms with Gasteiger partial charge in [0, 0.05) is 30.9 Å². The summed E-state index contributed by atoms with van der Waals surface area (Å²) >= 11 is 0.